The van der Waals surface area contributed by atoms with Gasteiger partial charge in [0, 0.05) is 23.8 Å². The van der Waals surface area contributed by atoms with Gasteiger partial charge in [0.15, 0.2) is 4.67 Å². The van der Waals surface area contributed by atoms with Crippen LogP contribution in [0.4, 0.5) is 0 Å². The number of aromatic amines is 2. The van der Waals surface area contributed by atoms with E-state index in [-0.39, 0.29) is 5.92 Å². The SMILES string of the molecule is Brc1ccc(C(c2ccc[nH]2)c2ccc[nH]2)o1. The largest absolute Gasteiger partial charge is 0.453 e. The van der Waals surface area contributed by atoms with Crippen LogP contribution in [0.15, 0.2) is 57.9 Å². The van der Waals surface area contributed by atoms with Crippen molar-refractivity contribution in [2.75, 3.05) is 0 Å². The lowest BCUT2D eigenvalue weighted by molar-refractivity contribution is 0.478. The number of furan rings is 1. The molecule has 86 valence electrons. The molecular formula is C13H11BrN2O. The Hall–Kier alpha value is -1.68. The summed E-state index contributed by atoms with van der Waals surface area (Å²) in [5.74, 6) is 0.980. The van der Waals surface area contributed by atoms with E-state index in [0.29, 0.717) is 0 Å². The van der Waals surface area contributed by atoms with Crippen molar-refractivity contribution >= 4 is 15.9 Å². The van der Waals surface area contributed by atoms with E-state index in [0.717, 1.165) is 21.8 Å². The third-order valence-electron chi connectivity index (χ3n) is 2.74. The molecule has 0 unspecified atom stereocenters. The van der Waals surface area contributed by atoms with Crippen molar-refractivity contribution in [2.24, 2.45) is 0 Å². The Kier molecular flexibility index (Phi) is 2.65. The van der Waals surface area contributed by atoms with E-state index in [1.165, 1.54) is 0 Å². The predicted octanol–water partition coefficient (Wildman–Crippen LogP) is 3.88. The number of nitrogens with one attached hydrogen (secondary N) is 2. The Morgan fingerprint density at radius 1 is 0.941 bits per heavy atom. The van der Waals surface area contributed by atoms with Gasteiger partial charge in [-0.3, -0.25) is 0 Å². The van der Waals surface area contributed by atoms with Gasteiger partial charge in [-0.25, -0.2) is 0 Å². The number of hydrogen-bond donors (Lipinski definition) is 2. The average molecular weight is 291 g/mol. The van der Waals surface area contributed by atoms with E-state index < -0.39 is 0 Å². The van der Waals surface area contributed by atoms with Crippen molar-refractivity contribution in [3.05, 3.63) is 70.6 Å². The quantitative estimate of drug-likeness (QED) is 0.755. The van der Waals surface area contributed by atoms with Crippen LogP contribution in [0.5, 0.6) is 0 Å². The first-order valence-electron chi connectivity index (χ1n) is 5.36. The van der Waals surface area contributed by atoms with Crippen molar-refractivity contribution in [1.29, 1.82) is 0 Å². The highest BCUT2D eigenvalue weighted by Gasteiger charge is 2.21. The minimum atomic E-state index is 0.0753. The molecule has 0 aliphatic rings. The summed E-state index contributed by atoms with van der Waals surface area (Å²) in [5, 5.41) is 0. The molecule has 0 radical (unpaired) electrons. The van der Waals surface area contributed by atoms with Gasteiger partial charge in [0.2, 0.25) is 0 Å². The van der Waals surface area contributed by atoms with Gasteiger partial charge in [0.25, 0.3) is 0 Å². The smallest absolute Gasteiger partial charge is 0.169 e. The Morgan fingerprint density at radius 3 is 2.00 bits per heavy atom. The van der Waals surface area contributed by atoms with Crippen LogP contribution in [0.1, 0.15) is 23.1 Å². The molecule has 3 aromatic heterocycles. The summed E-state index contributed by atoms with van der Waals surface area (Å²) in [6.45, 7) is 0. The second kappa shape index (κ2) is 4.30. The molecule has 2 N–H and O–H groups in total. The second-order valence-electron chi connectivity index (χ2n) is 3.83. The van der Waals surface area contributed by atoms with Gasteiger partial charge < -0.3 is 14.4 Å². The van der Waals surface area contributed by atoms with E-state index >= 15 is 0 Å². The molecule has 0 saturated carbocycles. The van der Waals surface area contributed by atoms with Crippen molar-refractivity contribution in [1.82, 2.24) is 9.97 Å². The molecule has 3 aromatic rings. The predicted molar refractivity (Wildman–Crippen MR) is 68.9 cm³/mol. The van der Waals surface area contributed by atoms with Gasteiger partial charge in [-0.15, -0.1) is 0 Å². The molecule has 17 heavy (non-hydrogen) atoms. The lowest BCUT2D eigenvalue weighted by Gasteiger charge is -2.11. The zero-order valence-electron chi connectivity index (χ0n) is 8.98. The lowest BCUT2D eigenvalue weighted by atomic mass is 9.99. The van der Waals surface area contributed by atoms with E-state index in [4.69, 9.17) is 4.42 Å². The Labute approximate surface area is 107 Å². The van der Waals surface area contributed by atoms with E-state index in [2.05, 4.69) is 38.0 Å². The molecule has 3 rings (SSSR count). The molecule has 0 aliphatic heterocycles. The van der Waals surface area contributed by atoms with Crippen LogP contribution in [0.2, 0.25) is 0 Å². The van der Waals surface area contributed by atoms with Crippen LogP contribution in [-0.2, 0) is 0 Å². The number of aromatic nitrogens is 2. The Balaban J connectivity index is 2.09. The van der Waals surface area contributed by atoms with Crippen molar-refractivity contribution in [3.63, 3.8) is 0 Å². The minimum absolute atomic E-state index is 0.0753. The molecule has 4 heteroatoms. The fourth-order valence-corrected chi connectivity index (χ4v) is 2.32. The Morgan fingerprint density at radius 2 is 1.59 bits per heavy atom. The van der Waals surface area contributed by atoms with Crippen LogP contribution in [0.25, 0.3) is 0 Å². The first kappa shape index (κ1) is 10.5. The monoisotopic (exact) mass is 290 g/mol. The van der Waals surface area contributed by atoms with Crippen LogP contribution in [0, 0.1) is 0 Å². The zero-order chi connectivity index (χ0) is 11.7. The number of hydrogen-bond acceptors (Lipinski definition) is 1. The molecule has 3 nitrogen and oxygen atoms in total. The van der Waals surface area contributed by atoms with Crippen molar-refractivity contribution in [2.45, 2.75) is 5.92 Å². The second-order valence-corrected chi connectivity index (χ2v) is 4.61. The molecule has 0 fully saturated rings. The highest BCUT2D eigenvalue weighted by atomic mass is 79.9. The van der Waals surface area contributed by atoms with Crippen LogP contribution >= 0.6 is 15.9 Å². The van der Waals surface area contributed by atoms with Gasteiger partial charge in [-0.2, -0.15) is 0 Å². The summed E-state index contributed by atoms with van der Waals surface area (Å²) in [6.07, 6.45) is 3.84. The summed E-state index contributed by atoms with van der Waals surface area (Å²) in [7, 11) is 0. The number of H-pyrrole nitrogens is 2. The number of halogens is 1. The molecule has 0 saturated heterocycles. The van der Waals surface area contributed by atoms with Gasteiger partial charge >= 0.3 is 0 Å². The normalized spacial score (nSPS) is 11.2. The van der Waals surface area contributed by atoms with Gasteiger partial charge in [0.1, 0.15) is 5.76 Å². The maximum Gasteiger partial charge on any atom is 0.169 e. The highest BCUT2D eigenvalue weighted by molar-refractivity contribution is 9.10. The highest BCUT2D eigenvalue weighted by Crippen LogP contribution is 2.32. The van der Waals surface area contributed by atoms with Crippen LogP contribution < -0.4 is 0 Å². The molecule has 0 amide bonds. The fraction of sp³-hybridized carbons (Fsp3) is 0.0769. The van der Waals surface area contributed by atoms with Gasteiger partial charge in [0.05, 0.1) is 5.92 Å². The van der Waals surface area contributed by atoms with Gasteiger partial charge in [-0.05, 0) is 52.3 Å². The molecule has 3 heterocycles. The molecule has 0 aromatic carbocycles. The maximum atomic E-state index is 5.67. The standard InChI is InChI=1S/C13H11BrN2O/c14-12-6-5-11(17-12)13(9-3-1-7-15-9)10-4-2-8-16-10/h1-8,13,15-16H. The van der Waals surface area contributed by atoms with Gasteiger partial charge in [-0.1, -0.05) is 0 Å². The number of rotatable bonds is 3. The average Bonchev–Trinajstić information content (AvgIpc) is 3.02. The molecular weight excluding hydrogens is 280 g/mol. The topological polar surface area (TPSA) is 44.7 Å². The van der Waals surface area contributed by atoms with E-state index in [9.17, 15) is 0 Å². The summed E-state index contributed by atoms with van der Waals surface area (Å²) in [6, 6.07) is 12.0. The summed E-state index contributed by atoms with van der Waals surface area (Å²) in [5.41, 5.74) is 2.21. The van der Waals surface area contributed by atoms with E-state index in [1.807, 2.05) is 36.7 Å². The van der Waals surface area contributed by atoms with Crippen LogP contribution in [-0.4, -0.2) is 9.97 Å². The van der Waals surface area contributed by atoms with Crippen molar-refractivity contribution in [3.8, 4) is 0 Å². The fourth-order valence-electron chi connectivity index (χ4n) is 2.01. The third kappa shape index (κ3) is 1.96. The summed E-state index contributed by atoms with van der Waals surface area (Å²) < 4.78 is 6.42. The molecule has 0 atom stereocenters. The first-order valence-corrected chi connectivity index (χ1v) is 6.15. The maximum absolute atomic E-state index is 5.67. The Bertz CT molecular complexity index is 547. The lowest BCUT2D eigenvalue weighted by Crippen LogP contribution is -2.02. The molecule has 0 spiro atoms. The third-order valence-corrected chi connectivity index (χ3v) is 3.17. The first-order chi connectivity index (χ1) is 8.34. The summed E-state index contributed by atoms with van der Waals surface area (Å²) >= 11 is 3.34. The minimum Gasteiger partial charge on any atom is -0.453 e. The summed E-state index contributed by atoms with van der Waals surface area (Å²) in [4.78, 5) is 6.48. The molecule has 0 bridgehead atoms. The van der Waals surface area contributed by atoms with Crippen LogP contribution in [0.3, 0.4) is 0 Å². The van der Waals surface area contributed by atoms with Crippen molar-refractivity contribution < 1.29 is 4.42 Å². The zero-order valence-corrected chi connectivity index (χ0v) is 10.6. The van der Waals surface area contributed by atoms with E-state index in [1.54, 1.807) is 0 Å². The molecule has 0 aliphatic carbocycles.